The number of hydrogen-bond donors (Lipinski definition) is 1. The number of ether oxygens (including phenoxy) is 2. The second kappa shape index (κ2) is 4.79. The van der Waals surface area contributed by atoms with E-state index in [0.29, 0.717) is 39.3 Å². The molecule has 2 atom stereocenters. The maximum atomic E-state index is 12.6. The summed E-state index contributed by atoms with van der Waals surface area (Å²) in [6.07, 6.45) is 0.696. The van der Waals surface area contributed by atoms with Crippen molar-refractivity contribution in [1.29, 1.82) is 0 Å². The molecule has 2 unspecified atom stereocenters. The number of morpholine rings is 1. The Bertz CT molecular complexity index is 326. The molecule has 1 heterocycles. The first-order chi connectivity index (χ1) is 8.43. The number of amides is 1. The van der Waals surface area contributed by atoms with Gasteiger partial charge in [-0.25, -0.2) is 0 Å². The first kappa shape index (κ1) is 13.8. The zero-order chi connectivity index (χ0) is 13.4. The van der Waals surface area contributed by atoms with Gasteiger partial charge >= 0.3 is 0 Å². The Morgan fingerprint density at radius 2 is 2.06 bits per heavy atom. The molecule has 18 heavy (non-hydrogen) atoms. The Balaban J connectivity index is 2.05. The number of rotatable bonds is 3. The van der Waals surface area contributed by atoms with Crippen LogP contribution in [0.2, 0.25) is 0 Å². The molecule has 2 N–H and O–H groups in total. The number of carbonyl (C=O) groups excluding carboxylic acids is 1. The molecule has 2 rings (SSSR count). The fraction of sp³-hybridized carbons (Fsp3) is 0.923. The summed E-state index contributed by atoms with van der Waals surface area (Å²) in [5, 5.41) is 0. The molecule has 0 aromatic carbocycles. The van der Waals surface area contributed by atoms with Crippen LogP contribution in [-0.4, -0.2) is 55.4 Å². The first-order valence-corrected chi connectivity index (χ1v) is 6.71. The lowest BCUT2D eigenvalue weighted by Gasteiger charge is -2.58. The Labute approximate surface area is 109 Å². The third-order valence-electron chi connectivity index (χ3n) is 4.51. The lowest BCUT2D eigenvalue weighted by atomic mass is 9.54. The fourth-order valence-electron chi connectivity index (χ4n) is 2.85. The lowest BCUT2D eigenvalue weighted by Crippen LogP contribution is -2.76. The topological polar surface area (TPSA) is 64.8 Å². The molecule has 0 radical (unpaired) electrons. The summed E-state index contributed by atoms with van der Waals surface area (Å²) in [7, 11) is 0. The van der Waals surface area contributed by atoms with Crippen molar-refractivity contribution in [3.63, 3.8) is 0 Å². The van der Waals surface area contributed by atoms with E-state index in [9.17, 15) is 4.79 Å². The predicted molar refractivity (Wildman–Crippen MR) is 68.1 cm³/mol. The number of nitrogens with two attached hydrogens (primary N) is 1. The monoisotopic (exact) mass is 256 g/mol. The summed E-state index contributed by atoms with van der Waals surface area (Å²) in [5.41, 5.74) is 5.27. The van der Waals surface area contributed by atoms with Gasteiger partial charge in [0.1, 0.15) is 5.54 Å². The standard InChI is InChI=1S/C13H24N2O3/c1-4-18-10-9-13(14,12(10,2)3)11(16)15-5-7-17-8-6-15/h10H,4-9,14H2,1-3H3. The van der Waals surface area contributed by atoms with Crippen LogP contribution in [0.25, 0.3) is 0 Å². The van der Waals surface area contributed by atoms with E-state index in [1.165, 1.54) is 0 Å². The minimum atomic E-state index is -0.788. The molecule has 5 nitrogen and oxygen atoms in total. The second-order valence-corrected chi connectivity index (χ2v) is 5.75. The molecule has 0 spiro atoms. The molecular formula is C13H24N2O3. The minimum absolute atomic E-state index is 0.0479. The lowest BCUT2D eigenvalue weighted by molar-refractivity contribution is -0.182. The maximum Gasteiger partial charge on any atom is 0.243 e. The van der Waals surface area contributed by atoms with E-state index in [-0.39, 0.29) is 17.4 Å². The van der Waals surface area contributed by atoms with Crippen LogP contribution in [0.5, 0.6) is 0 Å². The van der Waals surface area contributed by atoms with E-state index in [0.717, 1.165) is 0 Å². The van der Waals surface area contributed by atoms with E-state index in [1.807, 2.05) is 25.7 Å². The van der Waals surface area contributed by atoms with Crippen molar-refractivity contribution in [3.8, 4) is 0 Å². The van der Waals surface area contributed by atoms with Crippen LogP contribution in [0.1, 0.15) is 27.2 Å². The highest BCUT2D eigenvalue weighted by atomic mass is 16.5. The molecular weight excluding hydrogens is 232 g/mol. The average molecular weight is 256 g/mol. The summed E-state index contributed by atoms with van der Waals surface area (Å²) in [4.78, 5) is 14.4. The molecule has 0 aromatic heterocycles. The molecule has 2 fully saturated rings. The van der Waals surface area contributed by atoms with Gasteiger partial charge in [-0.15, -0.1) is 0 Å². The van der Waals surface area contributed by atoms with Crippen molar-refractivity contribution in [1.82, 2.24) is 4.90 Å². The van der Waals surface area contributed by atoms with Crippen LogP contribution < -0.4 is 5.73 Å². The Morgan fingerprint density at radius 3 is 2.56 bits per heavy atom. The molecule has 1 aliphatic carbocycles. The summed E-state index contributed by atoms with van der Waals surface area (Å²) >= 11 is 0. The van der Waals surface area contributed by atoms with Crippen LogP contribution in [0.4, 0.5) is 0 Å². The van der Waals surface area contributed by atoms with Gasteiger partial charge in [0.05, 0.1) is 19.3 Å². The van der Waals surface area contributed by atoms with Crippen molar-refractivity contribution in [3.05, 3.63) is 0 Å². The molecule has 1 saturated heterocycles. The van der Waals surface area contributed by atoms with Crippen molar-refractivity contribution in [2.24, 2.45) is 11.1 Å². The van der Waals surface area contributed by atoms with Gasteiger partial charge in [0.25, 0.3) is 0 Å². The van der Waals surface area contributed by atoms with Crippen LogP contribution >= 0.6 is 0 Å². The van der Waals surface area contributed by atoms with Crippen molar-refractivity contribution < 1.29 is 14.3 Å². The van der Waals surface area contributed by atoms with Crippen LogP contribution in [0, 0.1) is 5.41 Å². The van der Waals surface area contributed by atoms with Gasteiger partial charge in [0.2, 0.25) is 5.91 Å². The molecule has 1 saturated carbocycles. The normalized spacial score (nSPS) is 35.1. The van der Waals surface area contributed by atoms with Crippen LogP contribution in [-0.2, 0) is 14.3 Å². The van der Waals surface area contributed by atoms with E-state index in [4.69, 9.17) is 15.2 Å². The summed E-state index contributed by atoms with van der Waals surface area (Å²) < 4.78 is 10.9. The van der Waals surface area contributed by atoms with Crippen LogP contribution in [0.15, 0.2) is 0 Å². The molecule has 0 aromatic rings. The molecule has 0 bridgehead atoms. The van der Waals surface area contributed by atoms with Gasteiger partial charge < -0.3 is 20.1 Å². The van der Waals surface area contributed by atoms with Crippen LogP contribution in [0.3, 0.4) is 0 Å². The fourth-order valence-corrected chi connectivity index (χ4v) is 2.85. The minimum Gasteiger partial charge on any atom is -0.378 e. The van der Waals surface area contributed by atoms with Gasteiger partial charge in [0, 0.05) is 31.5 Å². The van der Waals surface area contributed by atoms with Gasteiger partial charge in [-0.05, 0) is 6.92 Å². The summed E-state index contributed by atoms with van der Waals surface area (Å²) in [6, 6.07) is 0. The van der Waals surface area contributed by atoms with E-state index >= 15 is 0 Å². The summed E-state index contributed by atoms with van der Waals surface area (Å²) in [5.74, 6) is 0.0479. The zero-order valence-electron chi connectivity index (χ0n) is 11.6. The second-order valence-electron chi connectivity index (χ2n) is 5.75. The van der Waals surface area contributed by atoms with Gasteiger partial charge in [-0.3, -0.25) is 4.79 Å². The third-order valence-corrected chi connectivity index (χ3v) is 4.51. The molecule has 1 amide bonds. The largest absolute Gasteiger partial charge is 0.378 e. The Kier molecular flexibility index (Phi) is 3.67. The molecule has 2 aliphatic rings. The third kappa shape index (κ3) is 1.94. The SMILES string of the molecule is CCOC1CC(N)(C(=O)N2CCOCC2)C1(C)C. The number of nitrogens with zero attached hydrogens (tertiary/aromatic N) is 1. The Morgan fingerprint density at radius 1 is 1.44 bits per heavy atom. The molecule has 5 heteroatoms. The van der Waals surface area contributed by atoms with E-state index in [2.05, 4.69) is 0 Å². The van der Waals surface area contributed by atoms with E-state index < -0.39 is 5.54 Å². The van der Waals surface area contributed by atoms with E-state index in [1.54, 1.807) is 0 Å². The first-order valence-electron chi connectivity index (χ1n) is 6.71. The molecule has 104 valence electrons. The number of hydrogen-bond acceptors (Lipinski definition) is 4. The number of carbonyl (C=O) groups is 1. The highest BCUT2D eigenvalue weighted by molar-refractivity contribution is 5.89. The van der Waals surface area contributed by atoms with Gasteiger partial charge in [-0.2, -0.15) is 0 Å². The summed E-state index contributed by atoms with van der Waals surface area (Å²) in [6.45, 7) is 9.19. The highest BCUT2D eigenvalue weighted by Gasteiger charge is 2.63. The van der Waals surface area contributed by atoms with Gasteiger partial charge in [-0.1, -0.05) is 13.8 Å². The van der Waals surface area contributed by atoms with Crippen molar-refractivity contribution >= 4 is 5.91 Å². The predicted octanol–water partition coefficient (Wildman–Crippen LogP) is 0.378. The molecule has 1 aliphatic heterocycles. The highest BCUT2D eigenvalue weighted by Crippen LogP contribution is 2.50. The van der Waals surface area contributed by atoms with Gasteiger partial charge in [0.15, 0.2) is 0 Å². The Hall–Kier alpha value is -0.650. The van der Waals surface area contributed by atoms with Crippen molar-refractivity contribution in [2.75, 3.05) is 32.9 Å². The maximum absolute atomic E-state index is 12.6. The van der Waals surface area contributed by atoms with Crippen molar-refractivity contribution in [2.45, 2.75) is 38.8 Å². The smallest absolute Gasteiger partial charge is 0.243 e. The average Bonchev–Trinajstić information content (AvgIpc) is 2.38. The quantitative estimate of drug-likeness (QED) is 0.793. The zero-order valence-corrected chi connectivity index (χ0v) is 11.6.